The monoisotopic (exact) mass is 423 g/mol. The van der Waals surface area contributed by atoms with Gasteiger partial charge in [-0.25, -0.2) is 10.2 Å². The van der Waals surface area contributed by atoms with Crippen LogP contribution in [0.4, 0.5) is 0 Å². The van der Waals surface area contributed by atoms with Gasteiger partial charge in [-0.05, 0) is 54.8 Å². The molecule has 1 aliphatic heterocycles. The fraction of sp³-hybridized carbons (Fsp3) is 0.304. The molecule has 0 aliphatic carbocycles. The van der Waals surface area contributed by atoms with Gasteiger partial charge in [-0.1, -0.05) is 12.1 Å². The number of esters is 1. The Hall–Kier alpha value is -3.68. The molecule has 0 saturated carbocycles. The average Bonchev–Trinajstić information content (AvgIpc) is 2.83. The maximum absolute atomic E-state index is 12.6. The molecule has 1 saturated heterocycles. The van der Waals surface area contributed by atoms with Gasteiger partial charge in [0.25, 0.3) is 5.91 Å². The number of methoxy groups -OCH3 is 2. The van der Waals surface area contributed by atoms with Crippen LogP contribution < -0.4 is 10.2 Å². The van der Waals surface area contributed by atoms with E-state index in [0.29, 0.717) is 42.8 Å². The summed E-state index contributed by atoms with van der Waals surface area (Å²) in [6, 6.07) is 13.7. The van der Waals surface area contributed by atoms with Crippen LogP contribution in [-0.2, 0) is 9.53 Å². The molecule has 0 bridgehead atoms. The lowest BCUT2D eigenvalue weighted by molar-refractivity contribution is -0.126. The largest absolute Gasteiger partial charge is 0.497 e. The minimum Gasteiger partial charge on any atom is -0.497 e. The van der Waals surface area contributed by atoms with Gasteiger partial charge in [0.1, 0.15) is 5.75 Å². The van der Waals surface area contributed by atoms with Crippen molar-refractivity contribution in [3.05, 3.63) is 65.2 Å². The van der Waals surface area contributed by atoms with Gasteiger partial charge in [-0.2, -0.15) is 5.10 Å². The van der Waals surface area contributed by atoms with Crippen molar-refractivity contribution in [2.75, 3.05) is 27.3 Å². The topological polar surface area (TPSA) is 97.3 Å². The van der Waals surface area contributed by atoms with Crippen molar-refractivity contribution < 1.29 is 23.9 Å². The third kappa shape index (κ3) is 5.69. The van der Waals surface area contributed by atoms with Gasteiger partial charge in [0.15, 0.2) is 0 Å². The standard InChI is InChI=1S/C23H25N3O5/c1-30-20-9-7-18(8-10-20)22(28)26-13-11-17(12-14-26)21(27)25-24-15-16-3-5-19(6-4-16)23(29)31-2/h3-10,15,17H,11-14H2,1-2H3,(H,25,27). The number of likely N-dealkylation sites (tertiary alicyclic amines) is 1. The predicted octanol–water partition coefficient (Wildman–Crippen LogP) is 2.48. The van der Waals surface area contributed by atoms with Gasteiger partial charge in [0.05, 0.1) is 26.0 Å². The predicted molar refractivity (Wildman–Crippen MR) is 115 cm³/mol. The first kappa shape index (κ1) is 22.0. The molecule has 8 nitrogen and oxygen atoms in total. The number of carbonyl (C=O) groups excluding carboxylic acids is 3. The highest BCUT2D eigenvalue weighted by molar-refractivity contribution is 5.94. The number of benzene rings is 2. The van der Waals surface area contributed by atoms with Crippen molar-refractivity contribution in [3.8, 4) is 5.75 Å². The SMILES string of the molecule is COC(=O)c1ccc(C=NNC(=O)C2CCN(C(=O)c3ccc(OC)cc3)CC2)cc1. The second-order valence-electron chi connectivity index (χ2n) is 7.14. The number of nitrogens with zero attached hydrogens (tertiary/aromatic N) is 2. The van der Waals surface area contributed by atoms with Crippen LogP contribution >= 0.6 is 0 Å². The van der Waals surface area contributed by atoms with Gasteiger partial charge >= 0.3 is 5.97 Å². The van der Waals surface area contributed by atoms with Crippen LogP contribution in [-0.4, -0.2) is 56.2 Å². The van der Waals surface area contributed by atoms with Gasteiger partial charge in [0, 0.05) is 24.6 Å². The lowest BCUT2D eigenvalue weighted by Crippen LogP contribution is -2.42. The van der Waals surface area contributed by atoms with Crippen molar-refractivity contribution in [2.45, 2.75) is 12.8 Å². The first-order chi connectivity index (χ1) is 15.0. The molecule has 3 rings (SSSR count). The van der Waals surface area contributed by atoms with E-state index >= 15 is 0 Å². The van der Waals surface area contributed by atoms with E-state index < -0.39 is 5.97 Å². The van der Waals surface area contributed by atoms with E-state index in [9.17, 15) is 14.4 Å². The number of ether oxygens (including phenoxy) is 2. The van der Waals surface area contributed by atoms with Crippen molar-refractivity contribution in [3.63, 3.8) is 0 Å². The Kier molecular flexibility index (Phi) is 7.37. The first-order valence-corrected chi connectivity index (χ1v) is 9.96. The highest BCUT2D eigenvalue weighted by atomic mass is 16.5. The summed E-state index contributed by atoms with van der Waals surface area (Å²) >= 11 is 0. The summed E-state index contributed by atoms with van der Waals surface area (Å²) in [6.45, 7) is 1.03. The zero-order valence-electron chi connectivity index (χ0n) is 17.5. The second-order valence-corrected chi connectivity index (χ2v) is 7.14. The minimum absolute atomic E-state index is 0.0464. The summed E-state index contributed by atoms with van der Waals surface area (Å²) < 4.78 is 9.77. The molecule has 2 aromatic rings. The number of hydrogen-bond donors (Lipinski definition) is 1. The number of rotatable bonds is 6. The molecule has 1 heterocycles. The van der Waals surface area contributed by atoms with E-state index in [0.717, 1.165) is 5.56 Å². The lowest BCUT2D eigenvalue weighted by atomic mass is 9.95. The molecule has 0 unspecified atom stereocenters. The van der Waals surface area contributed by atoms with Crippen LogP contribution in [0.5, 0.6) is 5.75 Å². The summed E-state index contributed by atoms with van der Waals surface area (Å²) in [6.07, 6.45) is 2.68. The van der Waals surface area contributed by atoms with E-state index in [1.807, 2.05) is 0 Å². The molecular formula is C23H25N3O5. The smallest absolute Gasteiger partial charge is 0.337 e. The second kappa shape index (κ2) is 10.4. The average molecular weight is 423 g/mol. The molecule has 31 heavy (non-hydrogen) atoms. The Balaban J connectivity index is 1.46. The number of piperidine rings is 1. The van der Waals surface area contributed by atoms with Gasteiger partial charge < -0.3 is 14.4 Å². The highest BCUT2D eigenvalue weighted by Crippen LogP contribution is 2.20. The van der Waals surface area contributed by atoms with Crippen molar-refractivity contribution in [2.24, 2.45) is 11.0 Å². The van der Waals surface area contributed by atoms with Crippen molar-refractivity contribution in [1.29, 1.82) is 0 Å². The number of nitrogens with one attached hydrogen (secondary N) is 1. The fourth-order valence-corrected chi connectivity index (χ4v) is 3.35. The zero-order valence-corrected chi connectivity index (χ0v) is 17.5. The number of hydrazone groups is 1. The molecule has 0 radical (unpaired) electrons. The van der Waals surface area contributed by atoms with E-state index in [-0.39, 0.29) is 17.7 Å². The quantitative estimate of drug-likeness (QED) is 0.437. The van der Waals surface area contributed by atoms with Crippen LogP contribution in [0.15, 0.2) is 53.6 Å². The summed E-state index contributed by atoms with van der Waals surface area (Å²) in [5.74, 6) is -0.117. The maximum Gasteiger partial charge on any atom is 0.337 e. The summed E-state index contributed by atoms with van der Waals surface area (Å²) in [7, 11) is 2.91. The van der Waals surface area contributed by atoms with Gasteiger partial charge in [-0.3, -0.25) is 9.59 Å². The van der Waals surface area contributed by atoms with Crippen molar-refractivity contribution >= 4 is 24.0 Å². The van der Waals surface area contributed by atoms with Crippen LogP contribution in [0, 0.1) is 5.92 Å². The Morgan fingerprint density at radius 3 is 2.16 bits per heavy atom. The van der Waals surface area contributed by atoms with Crippen molar-refractivity contribution in [1.82, 2.24) is 10.3 Å². The molecule has 8 heteroatoms. The van der Waals surface area contributed by atoms with E-state index in [1.54, 1.807) is 60.5 Å². The molecule has 1 N–H and O–H groups in total. The Morgan fingerprint density at radius 2 is 1.58 bits per heavy atom. The molecule has 0 spiro atoms. The van der Waals surface area contributed by atoms with Crippen LogP contribution in [0.2, 0.25) is 0 Å². The molecule has 162 valence electrons. The molecule has 0 aromatic heterocycles. The molecule has 0 atom stereocenters. The Morgan fingerprint density at radius 1 is 0.968 bits per heavy atom. The molecular weight excluding hydrogens is 398 g/mol. The third-order valence-electron chi connectivity index (χ3n) is 5.21. The maximum atomic E-state index is 12.6. The van der Waals surface area contributed by atoms with E-state index in [2.05, 4.69) is 15.3 Å². The fourth-order valence-electron chi connectivity index (χ4n) is 3.35. The highest BCUT2D eigenvalue weighted by Gasteiger charge is 2.27. The zero-order chi connectivity index (χ0) is 22.2. The molecule has 2 amide bonds. The summed E-state index contributed by atoms with van der Waals surface area (Å²) in [4.78, 5) is 38.2. The van der Waals surface area contributed by atoms with Gasteiger partial charge in [0.2, 0.25) is 5.91 Å². The van der Waals surface area contributed by atoms with E-state index in [4.69, 9.17) is 4.74 Å². The molecule has 2 aromatic carbocycles. The molecule has 1 aliphatic rings. The van der Waals surface area contributed by atoms with E-state index in [1.165, 1.54) is 13.3 Å². The summed E-state index contributed by atoms with van der Waals surface area (Å²) in [5, 5.41) is 4.00. The van der Waals surface area contributed by atoms with Gasteiger partial charge in [-0.15, -0.1) is 0 Å². The number of amides is 2. The summed E-state index contributed by atoms with van der Waals surface area (Å²) in [5.41, 5.74) is 4.35. The number of carbonyl (C=O) groups is 3. The minimum atomic E-state index is -0.409. The van der Waals surface area contributed by atoms with Crippen LogP contribution in [0.1, 0.15) is 39.1 Å². The first-order valence-electron chi connectivity index (χ1n) is 9.96. The Bertz CT molecular complexity index is 946. The third-order valence-corrected chi connectivity index (χ3v) is 5.21. The lowest BCUT2D eigenvalue weighted by Gasteiger charge is -2.31. The normalized spacial score (nSPS) is 14.3. The van der Waals surface area contributed by atoms with Crippen LogP contribution in [0.25, 0.3) is 0 Å². The van der Waals surface area contributed by atoms with Crippen LogP contribution in [0.3, 0.4) is 0 Å². The Labute approximate surface area is 180 Å². The molecule has 1 fully saturated rings. The number of hydrogen-bond acceptors (Lipinski definition) is 6.